The number of ketones is 1. The summed E-state index contributed by atoms with van der Waals surface area (Å²) in [6.45, 7) is 0. The number of para-hydroxylation sites is 1. The summed E-state index contributed by atoms with van der Waals surface area (Å²) in [6, 6.07) is 7.92. The van der Waals surface area contributed by atoms with Crippen LogP contribution in [0.4, 0.5) is 0 Å². The number of nitrogens with one attached hydrogen (secondary N) is 2. The van der Waals surface area contributed by atoms with E-state index in [9.17, 15) is 4.79 Å². The Morgan fingerprint density at radius 3 is 3.00 bits per heavy atom. The summed E-state index contributed by atoms with van der Waals surface area (Å²) in [5, 5.41) is 6.57. The first-order valence-corrected chi connectivity index (χ1v) is 7.49. The molecule has 0 spiro atoms. The van der Waals surface area contributed by atoms with E-state index in [0.29, 0.717) is 24.4 Å². The van der Waals surface area contributed by atoms with Crippen LogP contribution in [0.2, 0.25) is 0 Å². The number of nitrogens with zero attached hydrogens (tertiary/aromatic N) is 2. The second-order valence-corrected chi connectivity index (χ2v) is 5.47. The first-order chi connectivity index (χ1) is 10.7. The Balaban J connectivity index is 2.04. The second kappa shape index (κ2) is 5.86. The van der Waals surface area contributed by atoms with Crippen LogP contribution >= 0.6 is 12.2 Å². The molecule has 114 valence electrons. The number of aromatic amines is 1. The van der Waals surface area contributed by atoms with Crippen LogP contribution in [0.5, 0.6) is 0 Å². The fourth-order valence-electron chi connectivity index (χ4n) is 3.01. The highest BCUT2D eigenvalue weighted by molar-refractivity contribution is 7.78. The summed E-state index contributed by atoms with van der Waals surface area (Å²) < 4.78 is 0. The van der Waals surface area contributed by atoms with Crippen LogP contribution in [-0.2, 0) is 6.42 Å². The molecule has 1 heterocycles. The van der Waals surface area contributed by atoms with Gasteiger partial charge in [-0.1, -0.05) is 30.4 Å². The van der Waals surface area contributed by atoms with Gasteiger partial charge in [-0.3, -0.25) is 9.80 Å². The van der Waals surface area contributed by atoms with Gasteiger partial charge in [-0.2, -0.15) is 5.10 Å². The van der Waals surface area contributed by atoms with Crippen LogP contribution in [0.15, 0.2) is 29.4 Å². The molecule has 3 rings (SSSR count). The third-order valence-corrected chi connectivity index (χ3v) is 4.17. The number of nitrogens with two attached hydrogens (primary N) is 1. The summed E-state index contributed by atoms with van der Waals surface area (Å²) in [4.78, 5) is 15.7. The standard InChI is InChI=1S/C15H17N5OS/c1-17-19-15(20(16)8-22)9-6-11-10-4-2-3-5-12(10)18-14(11)13(21)7-9/h2-5,8-9,17-18H,6-7,16H2,1H3/b19-15-. The molecule has 1 aliphatic carbocycles. The fraction of sp³-hybridized carbons (Fsp3) is 0.267. The molecule has 1 atom stereocenters. The van der Waals surface area contributed by atoms with Crippen LogP contribution in [0.25, 0.3) is 10.9 Å². The number of fused-ring (bicyclic) bond motifs is 3. The van der Waals surface area contributed by atoms with E-state index in [1.807, 2.05) is 24.3 Å². The number of thiocarbonyl (C=S) groups is 1. The predicted octanol–water partition coefficient (Wildman–Crippen LogP) is 1.58. The van der Waals surface area contributed by atoms with Crippen molar-refractivity contribution in [1.29, 1.82) is 0 Å². The van der Waals surface area contributed by atoms with Gasteiger partial charge in [0.2, 0.25) is 0 Å². The topological polar surface area (TPSA) is 86.5 Å². The molecule has 7 heteroatoms. The van der Waals surface area contributed by atoms with Gasteiger partial charge < -0.3 is 10.4 Å². The van der Waals surface area contributed by atoms with Gasteiger partial charge in [-0.15, -0.1) is 0 Å². The first-order valence-electron chi connectivity index (χ1n) is 7.02. The number of carbonyl (C=O) groups is 1. The number of Topliss-reactive ketones (excluding diaryl/α,β-unsaturated/α-hetero) is 1. The number of amidine groups is 1. The van der Waals surface area contributed by atoms with Gasteiger partial charge in [0.15, 0.2) is 5.78 Å². The number of aromatic nitrogens is 1. The van der Waals surface area contributed by atoms with E-state index in [2.05, 4.69) is 15.5 Å². The van der Waals surface area contributed by atoms with Gasteiger partial charge in [0.25, 0.3) is 0 Å². The molecule has 1 aromatic carbocycles. The molecule has 22 heavy (non-hydrogen) atoms. The van der Waals surface area contributed by atoms with Crippen LogP contribution < -0.4 is 11.3 Å². The maximum atomic E-state index is 12.5. The Morgan fingerprint density at radius 2 is 2.27 bits per heavy atom. The summed E-state index contributed by atoms with van der Waals surface area (Å²) in [6.07, 6.45) is 1.06. The minimum Gasteiger partial charge on any atom is -0.352 e. The zero-order chi connectivity index (χ0) is 15.7. The molecule has 6 nitrogen and oxygen atoms in total. The number of H-pyrrole nitrogens is 1. The number of rotatable bonds is 3. The lowest BCUT2D eigenvalue weighted by Crippen LogP contribution is -2.43. The molecule has 0 aliphatic heterocycles. The molecule has 2 aromatic rings. The SMILES string of the molecule is CN/N=C(/C1CC(=O)c2[nH]c3ccccc3c2C1)N(N)C=S. The molecule has 0 saturated heterocycles. The van der Waals surface area contributed by atoms with Crippen molar-refractivity contribution in [2.24, 2.45) is 16.9 Å². The molecule has 1 aromatic heterocycles. The number of hydrogen-bond acceptors (Lipinski definition) is 5. The third-order valence-electron chi connectivity index (χ3n) is 3.94. The average Bonchev–Trinajstić information content (AvgIpc) is 2.91. The minimum absolute atomic E-state index is 0.0732. The summed E-state index contributed by atoms with van der Waals surface area (Å²) >= 11 is 4.88. The van der Waals surface area contributed by atoms with Gasteiger partial charge >= 0.3 is 0 Å². The van der Waals surface area contributed by atoms with Gasteiger partial charge in [0.1, 0.15) is 5.84 Å². The Bertz CT molecular complexity index is 766. The number of benzene rings is 1. The smallest absolute Gasteiger partial charge is 0.180 e. The van der Waals surface area contributed by atoms with Crippen molar-refractivity contribution < 1.29 is 4.79 Å². The average molecular weight is 315 g/mol. The van der Waals surface area contributed by atoms with E-state index in [-0.39, 0.29) is 11.7 Å². The first kappa shape index (κ1) is 14.7. The van der Waals surface area contributed by atoms with Gasteiger partial charge in [-0.05, 0) is 18.1 Å². The van der Waals surface area contributed by atoms with Gasteiger partial charge in [0, 0.05) is 30.3 Å². The molecular formula is C15H17N5OS. The van der Waals surface area contributed by atoms with Crippen molar-refractivity contribution in [3.63, 3.8) is 0 Å². The van der Waals surface area contributed by atoms with E-state index in [4.69, 9.17) is 18.1 Å². The lowest BCUT2D eigenvalue weighted by Gasteiger charge is -2.26. The Hall–Kier alpha value is -2.25. The van der Waals surface area contributed by atoms with Crippen LogP contribution in [0.3, 0.4) is 0 Å². The Morgan fingerprint density at radius 1 is 1.50 bits per heavy atom. The number of hydrazine groups is 1. The molecular weight excluding hydrogens is 298 g/mol. The molecule has 1 aliphatic rings. The van der Waals surface area contributed by atoms with Crippen LogP contribution in [0.1, 0.15) is 22.5 Å². The summed E-state index contributed by atoms with van der Waals surface area (Å²) in [5.74, 6) is 6.41. The maximum Gasteiger partial charge on any atom is 0.180 e. The quantitative estimate of drug-likeness (QED) is 0.263. The van der Waals surface area contributed by atoms with Crippen molar-refractivity contribution >= 4 is 40.2 Å². The van der Waals surface area contributed by atoms with Crippen LogP contribution in [0, 0.1) is 5.92 Å². The Kier molecular flexibility index (Phi) is 3.91. The highest BCUT2D eigenvalue weighted by Gasteiger charge is 2.32. The van der Waals surface area contributed by atoms with Crippen molar-refractivity contribution in [3.8, 4) is 0 Å². The molecule has 0 radical (unpaired) electrons. The number of hydrogen-bond donors (Lipinski definition) is 3. The van der Waals surface area contributed by atoms with Gasteiger partial charge in [0.05, 0.1) is 11.2 Å². The highest BCUT2D eigenvalue weighted by Crippen LogP contribution is 2.32. The molecule has 0 amide bonds. The lowest BCUT2D eigenvalue weighted by atomic mass is 9.84. The third kappa shape index (κ3) is 2.38. The van der Waals surface area contributed by atoms with E-state index >= 15 is 0 Å². The van der Waals surface area contributed by atoms with E-state index in [0.717, 1.165) is 16.5 Å². The number of carbonyl (C=O) groups excluding carboxylic acids is 1. The minimum atomic E-state index is -0.101. The second-order valence-electron chi connectivity index (χ2n) is 5.26. The molecule has 0 saturated carbocycles. The van der Waals surface area contributed by atoms with E-state index < -0.39 is 0 Å². The number of hydrazone groups is 1. The Labute approximate surface area is 133 Å². The summed E-state index contributed by atoms with van der Waals surface area (Å²) in [7, 11) is 1.69. The zero-order valence-corrected chi connectivity index (χ0v) is 13.0. The molecule has 0 bridgehead atoms. The van der Waals surface area contributed by atoms with E-state index in [1.165, 1.54) is 10.5 Å². The van der Waals surface area contributed by atoms with E-state index in [1.54, 1.807) is 7.05 Å². The van der Waals surface area contributed by atoms with Crippen molar-refractivity contribution in [3.05, 3.63) is 35.5 Å². The normalized spacial score (nSPS) is 18.2. The van der Waals surface area contributed by atoms with Crippen molar-refractivity contribution in [2.45, 2.75) is 12.8 Å². The van der Waals surface area contributed by atoms with Crippen molar-refractivity contribution in [2.75, 3.05) is 7.05 Å². The fourth-order valence-corrected chi connectivity index (χ4v) is 3.11. The largest absolute Gasteiger partial charge is 0.352 e. The molecule has 1 unspecified atom stereocenters. The monoisotopic (exact) mass is 315 g/mol. The summed E-state index contributed by atoms with van der Waals surface area (Å²) in [5.41, 5.74) is 6.76. The zero-order valence-electron chi connectivity index (χ0n) is 12.2. The van der Waals surface area contributed by atoms with Crippen LogP contribution in [-0.4, -0.2) is 34.2 Å². The highest BCUT2D eigenvalue weighted by atomic mass is 32.1. The van der Waals surface area contributed by atoms with Gasteiger partial charge in [-0.25, -0.2) is 5.84 Å². The molecule has 0 fully saturated rings. The maximum absolute atomic E-state index is 12.5. The lowest BCUT2D eigenvalue weighted by molar-refractivity contribution is 0.0956. The van der Waals surface area contributed by atoms with Crippen molar-refractivity contribution in [1.82, 2.24) is 15.4 Å². The molecule has 4 N–H and O–H groups in total. The predicted molar refractivity (Wildman–Crippen MR) is 90.6 cm³/mol.